The number of rotatable bonds is 11. The van der Waals surface area contributed by atoms with Gasteiger partial charge in [-0.3, -0.25) is 0 Å². The van der Waals surface area contributed by atoms with Crippen molar-refractivity contribution in [1.29, 1.82) is 0 Å². The summed E-state index contributed by atoms with van der Waals surface area (Å²) in [7, 11) is 0. The van der Waals surface area contributed by atoms with Crippen LogP contribution in [0.3, 0.4) is 0 Å². The lowest BCUT2D eigenvalue weighted by Crippen LogP contribution is -2.43. The van der Waals surface area contributed by atoms with Crippen LogP contribution in [0.4, 0.5) is 30.7 Å². The van der Waals surface area contributed by atoms with E-state index in [1.807, 2.05) is 0 Å². The Morgan fingerprint density at radius 3 is 1.85 bits per heavy atom. The van der Waals surface area contributed by atoms with Crippen molar-refractivity contribution in [2.24, 2.45) is 29.6 Å². The van der Waals surface area contributed by atoms with Crippen molar-refractivity contribution in [3.05, 3.63) is 48.0 Å². The largest absolute Gasteiger partial charge is 0.573 e. The molecule has 0 atom stereocenters. The first-order valence-corrected chi connectivity index (χ1v) is 16.6. The van der Waals surface area contributed by atoms with Crippen LogP contribution in [0.2, 0.25) is 0 Å². The Kier molecular flexibility index (Phi) is 11.4. The molecule has 0 radical (unpaired) electrons. The van der Waals surface area contributed by atoms with Crippen molar-refractivity contribution in [1.82, 2.24) is 0 Å². The Labute approximate surface area is 265 Å². The van der Waals surface area contributed by atoms with Crippen LogP contribution < -0.4 is 9.47 Å². The van der Waals surface area contributed by atoms with Crippen LogP contribution in [0.15, 0.2) is 36.4 Å². The van der Waals surface area contributed by atoms with Crippen molar-refractivity contribution in [3.8, 4) is 22.6 Å². The van der Waals surface area contributed by atoms with Gasteiger partial charge in [0.25, 0.3) is 0 Å². The smallest absolute Gasteiger partial charge is 0.432 e. The van der Waals surface area contributed by atoms with Gasteiger partial charge in [-0.05, 0) is 68.1 Å². The monoisotopic (exact) mass is 660 g/mol. The Morgan fingerprint density at radius 2 is 1.28 bits per heavy atom. The van der Waals surface area contributed by atoms with Crippen molar-refractivity contribution in [3.63, 3.8) is 0 Å². The molecule has 3 fully saturated rings. The summed E-state index contributed by atoms with van der Waals surface area (Å²) >= 11 is 0. The topological polar surface area (TPSA) is 36.9 Å². The predicted octanol–water partition coefficient (Wildman–Crippen LogP) is 10.7. The summed E-state index contributed by atoms with van der Waals surface area (Å²) in [6.07, 6.45) is 2.37. The third-order valence-corrected chi connectivity index (χ3v) is 10.0. The molecule has 2 saturated carbocycles. The molecule has 2 aromatic rings. The van der Waals surface area contributed by atoms with E-state index in [1.54, 1.807) is 0 Å². The molecule has 4 nitrogen and oxygen atoms in total. The number of unbranched alkanes of at least 4 members (excludes halogenated alkanes) is 2. The summed E-state index contributed by atoms with van der Waals surface area (Å²) < 4.78 is 118. The van der Waals surface area contributed by atoms with E-state index in [9.17, 15) is 22.0 Å². The molecule has 0 spiro atoms. The molecule has 256 valence electrons. The van der Waals surface area contributed by atoms with Gasteiger partial charge in [0.2, 0.25) is 0 Å². The van der Waals surface area contributed by atoms with E-state index in [-0.39, 0.29) is 24.3 Å². The highest BCUT2D eigenvalue weighted by atomic mass is 19.4. The Hall–Kier alpha value is -2.53. The minimum absolute atomic E-state index is 0.00982. The molecule has 2 aliphatic carbocycles. The van der Waals surface area contributed by atoms with Crippen LogP contribution in [0, 0.1) is 41.2 Å². The maximum Gasteiger partial charge on any atom is 0.573 e. The summed E-state index contributed by atoms with van der Waals surface area (Å²) in [5, 5.41) is 0. The molecule has 1 aliphatic heterocycles. The number of benzene rings is 2. The summed E-state index contributed by atoms with van der Waals surface area (Å²) in [6, 6.07) is 5.18. The van der Waals surface area contributed by atoms with E-state index in [0.29, 0.717) is 50.0 Å². The zero-order valence-corrected chi connectivity index (χ0v) is 26.1. The van der Waals surface area contributed by atoms with Gasteiger partial charge in [0.1, 0.15) is 23.1 Å². The SMILES string of the molecule is CCCCCC1CCC(C2COC(C3CCC(C(F)(F)Oc4cc(F)c(-c5ccc(OC(F)(F)F)cc5)c(F)c4)CC3)OC2)CC1. The molecule has 0 unspecified atom stereocenters. The number of halogens is 7. The van der Waals surface area contributed by atoms with Crippen molar-refractivity contribution >= 4 is 0 Å². The minimum atomic E-state index is -4.92. The number of alkyl halides is 5. The van der Waals surface area contributed by atoms with Crippen LogP contribution >= 0.6 is 0 Å². The molecule has 2 aromatic carbocycles. The standard InChI is InChI=1S/C35H43F7O4/c1-2-3-4-5-22-6-8-23(9-7-22)26-20-43-33(44-21-26)25-10-14-27(15-11-25)34(38,39)45-29-18-30(36)32(31(37)19-29)24-12-16-28(17-13-24)46-35(40,41)42/h12-13,16-19,22-23,25-27,33H,2-11,14-15,20-21H2,1H3. The summed E-state index contributed by atoms with van der Waals surface area (Å²) in [5.74, 6) is -2.97. The van der Waals surface area contributed by atoms with Gasteiger partial charge in [0, 0.05) is 24.0 Å². The fourth-order valence-electron chi connectivity index (χ4n) is 7.38. The molecule has 46 heavy (non-hydrogen) atoms. The average molecular weight is 661 g/mol. The highest BCUT2D eigenvalue weighted by Gasteiger charge is 2.46. The van der Waals surface area contributed by atoms with Gasteiger partial charge in [-0.2, -0.15) is 8.78 Å². The molecule has 1 heterocycles. The van der Waals surface area contributed by atoms with Gasteiger partial charge >= 0.3 is 12.5 Å². The Morgan fingerprint density at radius 1 is 0.696 bits per heavy atom. The first-order valence-electron chi connectivity index (χ1n) is 16.6. The van der Waals surface area contributed by atoms with E-state index in [0.717, 1.165) is 30.2 Å². The maximum atomic E-state index is 15.2. The highest BCUT2D eigenvalue weighted by Crippen LogP contribution is 2.44. The molecule has 1 saturated heterocycles. The summed E-state index contributed by atoms with van der Waals surface area (Å²) in [4.78, 5) is 0. The van der Waals surface area contributed by atoms with E-state index in [4.69, 9.17) is 14.2 Å². The maximum absolute atomic E-state index is 15.2. The fourth-order valence-corrected chi connectivity index (χ4v) is 7.38. The van der Waals surface area contributed by atoms with E-state index >= 15 is 8.78 Å². The van der Waals surface area contributed by atoms with E-state index in [2.05, 4.69) is 11.7 Å². The highest BCUT2D eigenvalue weighted by molar-refractivity contribution is 5.66. The molecule has 0 N–H and O–H groups in total. The van der Waals surface area contributed by atoms with Crippen molar-refractivity contribution < 1.29 is 49.7 Å². The zero-order valence-electron chi connectivity index (χ0n) is 26.1. The molecule has 3 aliphatic rings. The molecule has 0 amide bonds. The summed E-state index contributed by atoms with van der Waals surface area (Å²) in [6.45, 7) is 3.50. The third-order valence-electron chi connectivity index (χ3n) is 10.0. The van der Waals surface area contributed by atoms with Crippen LogP contribution in [-0.2, 0) is 9.47 Å². The second-order valence-corrected chi connectivity index (χ2v) is 13.2. The van der Waals surface area contributed by atoms with Crippen LogP contribution in [0.1, 0.15) is 84.0 Å². The number of ether oxygens (including phenoxy) is 4. The zero-order chi connectivity index (χ0) is 32.9. The lowest BCUT2D eigenvalue weighted by Gasteiger charge is -2.41. The van der Waals surface area contributed by atoms with Gasteiger partial charge in [-0.15, -0.1) is 13.2 Å². The van der Waals surface area contributed by atoms with E-state index in [1.165, 1.54) is 51.4 Å². The van der Waals surface area contributed by atoms with Crippen molar-refractivity contribution in [2.45, 2.75) is 103 Å². The van der Waals surface area contributed by atoms with Gasteiger partial charge in [-0.1, -0.05) is 57.6 Å². The lowest BCUT2D eigenvalue weighted by atomic mass is 9.74. The first-order chi connectivity index (χ1) is 21.9. The molecule has 0 aromatic heterocycles. The molecule has 5 rings (SSSR count). The minimum Gasteiger partial charge on any atom is -0.432 e. The van der Waals surface area contributed by atoms with Gasteiger partial charge in [0.05, 0.1) is 24.7 Å². The Bertz CT molecular complexity index is 1220. The average Bonchev–Trinajstić information content (AvgIpc) is 3.01. The fraction of sp³-hybridized carbons (Fsp3) is 0.657. The second kappa shape index (κ2) is 15.1. The number of hydrogen-bond acceptors (Lipinski definition) is 4. The van der Waals surface area contributed by atoms with Crippen LogP contribution in [-0.4, -0.2) is 32.0 Å². The number of hydrogen-bond donors (Lipinski definition) is 0. The summed E-state index contributed by atoms with van der Waals surface area (Å²) in [5.41, 5.74) is -0.677. The van der Waals surface area contributed by atoms with Crippen LogP contribution in [0.5, 0.6) is 11.5 Å². The second-order valence-electron chi connectivity index (χ2n) is 13.2. The van der Waals surface area contributed by atoms with Gasteiger partial charge in [-0.25, -0.2) is 8.78 Å². The van der Waals surface area contributed by atoms with Crippen molar-refractivity contribution in [2.75, 3.05) is 13.2 Å². The predicted molar refractivity (Wildman–Crippen MR) is 158 cm³/mol. The molecule has 11 heteroatoms. The Balaban J connectivity index is 1.08. The molecule has 0 bridgehead atoms. The van der Waals surface area contributed by atoms with Gasteiger partial charge in [0.15, 0.2) is 6.29 Å². The molecular weight excluding hydrogens is 617 g/mol. The normalized spacial score (nSPS) is 27.7. The molecular formula is C35H43F7O4. The first kappa shape index (κ1) is 34.8. The van der Waals surface area contributed by atoms with Crippen LogP contribution in [0.25, 0.3) is 11.1 Å². The lowest BCUT2D eigenvalue weighted by molar-refractivity contribution is -0.274. The quantitative estimate of drug-likeness (QED) is 0.178. The van der Waals surface area contributed by atoms with E-state index < -0.39 is 53.4 Å². The third kappa shape index (κ3) is 9.08. The van der Waals surface area contributed by atoms with Gasteiger partial charge < -0.3 is 18.9 Å².